The standard InChI is InChI=1S/C12H17ClN2/c1-9-6-10(7-13)8-14-12(9)15(2)11-4-3-5-11/h6,8,11H,3-5,7H2,1-2H3. The van der Waals surface area contributed by atoms with Crippen LogP contribution in [0.2, 0.25) is 0 Å². The maximum Gasteiger partial charge on any atom is 0.131 e. The molecule has 15 heavy (non-hydrogen) atoms. The van der Waals surface area contributed by atoms with Gasteiger partial charge in [0.25, 0.3) is 0 Å². The molecule has 0 amide bonds. The fourth-order valence-electron chi connectivity index (χ4n) is 2.02. The number of nitrogens with zero attached hydrogens (tertiary/aromatic N) is 2. The molecule has 0 aliphatic heterocycles. The molecule has 3 heteroatoms. The van der Waals surface area contributed by atoms with Crippen LogP contribution in [0.4, 0.5) is 5.82 Å². The van der Waals surface area contributed by atoms with Crippen molar-refractivity contribution in [3.63, 3.8) is 0 Å². The summed E-state index contributed by atoms with van der Waals surface area (Å²) >= 11 is 5.78. The summed E-state index contributed by atoms with van der Waals surface area (Å²) in [5.41, 5.74) is 2.32. The molecule has 2 rings (SSSR count). The van der Waals surface area contributed by atoms with Gasteiger partial charge in [-0.2, -0.15) is 0 Å². The van der Waals surface area contributed by atoms with Gasteiger partial charge in [0.1, 0.15) is 5.82 Å². The minimum absolute atomic E-state index is 0.543. The molecule has 1 aliphatic rings. The van der Waals surface area contributed by atoms with Crippen LogP contribution in [0.25, 0.3) is 0 Å². The second kappa shape index (κ2) is 4.40. The highest BCUT2D eigenvalue weighted by Crippen LogP contribution is 2.29. The zero-order valence-corrected chi connectivity index (χ0v) is 10.1. The Balaban J connectivity index is 2.19. The Kier molecular flexibility index (Phi) is 3.15. The van der Waals surface area contributed by atoms with Crippen LogP contribution in [0.3, 0.4) is 0 Å². The number of anilines is 1. The largest absolute Gasteiger partial charge is 0.356 e. The van der Waals surface area contributed by atoms with Gasteiger partial charge in [0.15, 0.2) is 0 Å². The average molecular weight is 225 g/mol. The normalized spacial score (nSPS) is 16.2. The molecule has 0 saturated heterocycles. The third kappa shape index (κ3) is 2.10. The molecule has 0 radical (unpaired) electrons. The Bertz CT molecular complexity index is 347. The summed E-state index contributed by atoms with van der Waals surface area (Å²) < 4.78 is 0. The van der Waals surface area contributed by atoms with Gasteiger partial charge in [0.2, 0.25) is 0 Å². The first-order valence-corrected chi connectivity index (χ1v) is 6.00. The van der Waals surface area contributed by atoms with Crippen molar-refractivity contribution in [2.75, 3.05) is 11.9 Å². The van der Waals surface area contributed by atoms with E-state index in [4.69, 9.17) is 11.6 Å². The predicted molar refractivity (Wildman–Crippen MR) is 64.6 cm³/mol. The van der Waals surface area contributed by atoms with E-state index in [0.717, 1.165) is 11.4 Å². The van der Waals surface area contributed by atoms with E-state index in [0.29, 0.717) is 11.9 Å². The van der Waals surface area contributed by atoms with Crippen LogP contribution in [-0.4, -0.2) is 18.1 Å². The van der Waals surface area contributed by atoms with Crippen LogP contribution in [0, 0.1) is 6.92 Å². The van der Waals surface area contributed by atoms with Crippen LogP contribution in [0.15, 0.2) is 12.3 Å². The second-order valence-corrected chi connectivity index (χ2v) is 4.58. The number of hydrogen-bond acceptors (Lipinski definition) is 2. The van der Waals surface area contributed by atoms with Gasteiger partial charge in [0, 0.05) is 25.2 Å². The third-order valence-electron chi connectivity index (χ3n) is 3.22. The van der Waals surface area contributed by atoms with E-state index in [2.05, 4.69) is 29.9 Å². The quantitative estimate of drug-likeness (QED) is 0.734. The molecular weight excluding hydrogens is 208 g/mol. The van der Waals surface area contributed by atoms with E-state index in [1.54, 1.807) is 0 Å². The minimum atomic E-state index is 0.543. The van der Waals surface area contributed by atoms with Gasteiger partial charge in [-0.25, -0.2) is 4.98 Å². The molecule has 1 heterocycles. The topological polar surface area (TPSA) is 16.1 Å². The number of pyridine rings is 1. The monoisotopic (exact) mass is 224 g/mol. The molecule has 0 bridgehead atoms. The lowest BCUT2D eigenvalue weighted by atomic mass is 9.91. The highest BCUT2D eigenvalue weighted by molar-refractivity contribution is 6.17. The minimum Gasteiger partial charge on any atom is -0.356 e. The maximum atomic E-state index is 5.78. The van der Waals surface area contributed by atoms with Gasteiger partial charge >= 0.3 is 0 Å². The van der Waals surface area contributed by atoms with Crippen molar-refractivity contribution >= 4 is 17.4 Å². The zero-order chi connectivity index (χ0) is 10.8. The Morgan fingerprint density at radius 2 is 2.27 bits per heavy atom. The first-order valence-electron chi connectivity index (χ1n) is 5.46. The number of hydrogen-bond donors (Lipinski definition) is 0. The number of aromatic nitrogens is 1. The highest BCUT2D eigenvalue weighted by Gasteiger charge is 2.23. The number of alkyl halides is 1. The first kappa shape index (κ1) is 10.7. The summed E-state index contributed by atoms with van der Waals surface area (Å²) in [5, 5.41) is 0. The fraction of sp³-hybridized carbons (Fsp3) is 0.583. The summed E-state index contributed by atoms with van der Waals surface area (Å²) in [6, 6.07) is 2.82. The first-order chi connectivity index (χ1) is 7.22. The molecule has 2 nitrogen and oxygen atoms in total. The van der Waals surface area contributed by atoms with Gasteiger partial charge in [-0.3, -0.25) is 0 Å². The number of aryl methyl sites for hydroxylation is 1. The Morgan fingerprint density at radius 3 is 2.73 bits per heavy atom. The summed E-state index contributed by atoms with van der Waals surface area (Å²) in [4.78, 5) is 6.80. The summed E-state index contributed by atoms with van der Waals surface area (Å²) in [7, 11) is 2.14. The summed E-state index contributed by atoms with van der Waals surface area (Å²) in [6.45, 7) is 2.10. The summed E-state index contributed by atoms with van der Waals surface area (Å²) in [5.74, 6) is 1.65. The molecule has 0 N–H and O–H groups in total. The van der Waals surface area contributed by atoms with Gasteiger partial charge in [-0.1, -0.05) is 0 Å². The SMILES string of the molecule is Cc1cc(CCl)cnc1N(C)C1CCC1. The predicted octanol–water partition coefficient (Wildman–Crippen LogP) is 3.12. The fourth-order valence-corrected chi connectivity index (χ4v) is 2.16. The molecule has 1 aromatic rings. The molecule has 1 saturated carbocycles. The molecule has 0 unspecified atom stereocenters. The lowest BCUT2D eigenvalue weighted by Gasteiger charge is -2.36. The Hall–Kier alpha value is -0.760. The van der Waals surface area contributed by atoms with Crippen LogP contribution in [0.5, 0.6) is 0 Å². The van der Waals surface area contributed by atoms with Gasteiger partial charge in [-0.15, -0.1) is 11.6 Å². The van der Waals surface area contributed by atoms with E-state index in [-0.39, 0.29) is 0 Å². The van der Waals surface area contributed by atoms with Crippen molar-refractivity contribution in [1.29, 1.82) is 0 Å². The van der Waals surface area contributed by atoms with Crippen molar-refractivity contribution in [3.8, 4) is 0 Å². The number of rotatable bonds is 3. The molecule has 0 spiro atoms. The molecule has 82 valence electrons. The zero-order valence-electron chi connectivity index (χ0n) is 9.33. The van der Waals surface area contributed by atoms with E-state index in [1.807, 2.05) is 6.20 Å². The lowest BCUT2D eigenvalue weighted by molar-refractivity contribution is 0.399. The van der Waals surface area contributed by atoms with Gasteiger partial charge in [-0.05, 0) is 43.4 Å². The average Bonchev–Trinajstić information content (AvgIpc) is 2.14. The molecule has 0 aromatic carbocycles. The van der Waals surface area contributed by atoms with Crippen molar-refractivity contribution in [2.45, 2.75) is 38.1 Å². The van der Waals surface area contributed by atoms with E-state index < -0.39 is 0 Å². The third-order valence-corrected chi connectivity index (χ3v) is 3.53. The van der Waals surface area contributed by atoms with Gasteiger partial charge < -0.3 is 4.90 Å². The van der Waals surface area contributed by atoms with Crippen LogP contribution >= 0.6 is 11.6 Å². The van der Waals surface area contributed by atoms with Gasteiger partial charge in [0.05, 0.1) is 0 Å². The molecule has 1 aromatic heterocycles. The van der Waals surface area contributed by atoms with Crippen molar-refractivity contribution < 1.29 is 0 Å². The molecule has 0 atom stereocenters. The van der Waals surface area contributed by atoms with Crippen molar-refractivity contribution in [1.82, 2.24) is 4.98 Å². The van der Waals surface area contributed by atoms with Crippen LogP contribution in [-0.2, 0) is 5.88 Å². The van der Waals surface area contributed by atoms with Crippen molar-refractivity contribution in [2.24, 2.45) is 0 Å². The lowest BCUT2D eigenvalue weighted by Crippen LogP contribution is -2.38. The Labute approximate surface area is 96.3 Å². The van der Waals surface area contributed by atoms with E-state index >= 15 is 0 Å². The van der Waals surface area contributed by atoms with E-state index in [1.165, 1.54) is 24.8 Å². The van der Waals surface area contributed by atoms with Crippen LogP contribution in [0.1, 0.15) is 30.4 Å². The smallest absolute Gasteiger partial charge is 0.131 e. The van der Waals surface area contributed by atoms with E-state index in [9.17, 15) is 0 Å². The molecular formula is C12H17ClN2. The maximum absolute atomic E-state index is 5.78. The highest BCUT2D eigenvalue weighted by atomic mass is 35.5. The summed E-state index contributed by atoms with van der Waals surface area (Å²) in [6.07, 6.45) is 5.84. The molecule has 1 fully saturated rings. The second-order valence-electron chi connectivity index (χ2n) is 4.31. The molecule has 1 aliphatic carbocycles. The van der Waals surface area contributed by atoms with Crippen molar-refractivity contribution in [3.05, 3.63) is 23.4 Å². The Morgan fingerprint density at radius 1 is 1.53 bits per heavy atom. The number of halogens is 1. The van der Waals surface area contributed by atoms with Crippen LogP contribution < -0.4 is 4.90 Å².